The first-order valence-electron chi connectivity index (χ1n) is 10.3. The highest BCUT2D eigenvalue weighted by Crippen LogP contribution is 2.24. The van der Waals surface area contributed by atoms with E-state index in [1.54, 1.807) is 24.0 Å². The van der Waals surface area contributed by atoms with Crippen LogP contribution in [0, 0.1) is 0 Å². The topological polar surface area (TPSA) is 123 Å². The van der Waals surface area contributed by atoms with Crippen molar-refractivity contribution in [2.75, 3.05) is 13.1 Å². The van der Waals surface area contributed by atoms with E-state index in [1.807, 2.05) is 24.1 Å². The van der Waals surface area contributed by atoms with Crippen molar-refractivity contribution in [2.45, 2.75) is 31.7 Å². The van der Waals surface area contributed by atoms with Gasteiger partial charge in [-0.25, -0.2) is 4.79 Å². The molecule has 0 radical (unpaired) electrons. The molecule has 0 bridgehead atoms. The van der Waals surface area contributed by atoms with E-state index < -0.39 is 12.1 Å². The first-order valence-corrected chi connectivity index (χ1v) is 10.3. The number of aromatic nitrogens is 6. The van der Waals surface area contributed by atoms with Gasteiger partial charge in [-0.05, 0) is 18.6 Å². The lowest BCUT2D eigenvalue weighted by atomic mass is 10.1. The van der Waals surface area contributed by atoms with E-state index in [0.717, 1.165) is 26.1 Å². The summed E-state index contributed by atoms with van der Waals surface area (Å²) in [6.45, 7) is 3.21. The fraction of sp³-hybridized carbons (Fsp3) is 0.450. The average molecular weight is 482 g/mol. The average Bonchev–Trinajstić information content (AvgIpc) is 3.49. The Morgan fingerprint density at radius 3 is 2.47 bits per heavy atom. The molecule has 4 heterocycles. The van der Waals surface area contributed by atoms with Gasteiger partial charge in [-0.3, -0.25) is 23.7 Å². The van der Waals surface area contributed by atoms with Crippen molar-refractivity contribution < 1.29 is 27.9 Å². The van der Waals surface area contributed by atoms with Gasteiger partial charge in [0, 0.05) is 64.4 Å². The van der Waals surface area contributed by atoms with Gasteiger partial charge < -0.3 is 10.4 Å². The van der Waals surface area contributed by atoms with Crippen LogP contribution in [0.5, 0.6) is 0 Å². The van der Waals surface area contributed by atoms with Crippen LogP contribution in [0.2, 0.25) is 0 Å². The standard InChI is InChI=1S/C18H24N8O.C2HF3O2/c1-23-10-14(9-22-23)11-25-12-15(26-16(13-25)4-7-21-26)3-6-19-18(27)17-5-8-20-24(17)2;3-2(4,5)1(6)7/h4-5,7-10,15H,3,6,11-13H2,1-2H3,(H,19,27);(H,6,7). The number of halogens is 3. The van der Waals surface area contributed by atoms with Crippen LogP contribution in [0.15, 0.2) is 36.9 Å². The molecular weight excluding hydrogens is 457 g/mol. The summed E-state index contributed by atoms with van der Waals surface area (Å²) in [7, 11) is 3.70. The van der Waals surface area contributed by atoms with Crippen LogP contribution in [0.3, 0.4) is 0 Å². The maximum absolute atomic E-state index is 12.3. The predicted octanol–water partition coefficient (Wildman–Crippen LogP) is 1.36. The molecule has 3 aromatic heterocycles. The first kappa shape index (κ1) is 25.0. The van der Waals surface area contributed by atoms with Gasteiger partial charge in [-0.2, -0.15) is 28.5 Å². The number of carboxylic acid groups (broad SMARTS) is 1. The second-order valence-electron chi connectivity index (χ2n) is 7.80. The molecule has 1 amide bonds. The summed E-state index contributed by atoms with van der Waals surface area (Å²) in [5, 5.41) is 22.9. The highest BCUT2D eigenvalue weighted by molar-refractivity contribution is 5.92. The molecule has 1 aliphatic rings. The fourth-order valence-corrected chi connectivity index (χ4v) is 3.65. The first-order chi connectivity index (χ1) is 16.0. The smallest absolute Gasteiger partial charge is 0.475 e. The number of rotatable bonds is 6. The van der Waals surface area contributed by atoms with Crippen molar-refractivity contribution in [1.82, 2.24) is 39.6 Å². The molecule has 14 heteroatoms. The monoisotopic (exact) mass is 482 g/mol. The second-order valence-corrected chi connectivity index (χ2v) is 7.80. The van der Waals surface area contributed by atoms with Gasteiger partial charge in [0.15, 0.2) is 0 Å². The number of carboxylic acids is 1. The summed E-state index contributed by atoms with van der Waals surface area (Å²) < 4.78 is 37.2. The number of amides is 1. The van der Waals surface area contributed by atoms with E-state index >= 15 is 0 Å². The number of aryl methyl sites for hydroxylation is 2. The Morgan fingerprint density at radius 2 is 1.88 bits per heavy atom. The minimum Gasteiger partial charge on any atom is -0.475 e. The van der Waals surface area contributed by atoms with E-state index in [-0.39, 0.29) is 11.9 Å². The van der Waals surface area contributed by atoms with E-state index in [1.165, 1.54) is 11.3 Å². The molecule has 1 aliphatic heterocycles. The SMILES string of the molecule is Cn1cc(CN2Cc3ccnn3C(CCNC(=O)c3ccnn3C)C2)cn1.O=C(O)C(F)(F)F. The number of alkyl halides is 3. The van der Waals surface area contributed by atoms with E-state index in [4.69, 9.17) is 9.90 Å². The highest BCUT2D eigenvalue weighted by Gasteiger charge is 2.38. The normalized spacial score (nSPS) is 15.9. The molecule has 0 fully saturated rings. The number of nitrogens with zero attached hydrogens (tertiary/aromatic N) is 7. The van der Waals surface area contributed by atoms with Crippen molar-refractivity contribution in [3.63, 3.8) is 0 Å². The van der Waals surface area contributed by atoms with Crippen LogP contribution in [-0.2, 0) is 32.0 Å². The van der Waals surface area contributed by atoms with Crippen LogP contribution in [-0.4, -0.2) is 70.5 Å². The lowest BCUT2D eigenvalue weighted by Gasteiger charge is -2.33. The minimum atomic E-state index is -5.08. The van der Waals surface area contributed by atoms with Gasteiger partial charge in [-0.15, -0.1) is 0 Å². The Kier molecular flexibility index (Phi) is 7.71. The van der Waals surface area contributed by atoms with E-state index in [2.05, 4.69) is 42.5 Å². The molecular formula is C20H25F3N8O3. The van der Waals surface area contributed by atoms with Gasteiger partial charge in [0.25, 0.3) is 5.91 Å². The third-order valence-corrected chi connectivity index (χ3v) is 5.18. The molecule has 2 N–H and O–H groups in total. The lowest BCUT2D eigenvalue weighted by Crippen LogP contribution is -2.39. The number of carbonyl (C=O) groups excluding carboxylic acids is 1. The number of hydrogen-bond acceptors (Lipinski definition) is 6. The van der Waals surface area contributed by atoms with Crippen LogP contribution in [0.4, 0.5) is 13.2 Å². The number of nitrogens with one attached hydrogen (secondary N) is 1. The van der Waals surface area contributed by atoms with E-state index in [9.17, 15) is 18.0 Å². The summed E-state index contributed by atoms with van der Waals surface area (Å²) in [5.41, 5.74) is 2.97. The second kappa shape index (κ2) is 10.5. The van der Waals surface area contributed by atoms with Crippen molar-refractivity contribution in [3.8, 4) is 0 Å². The van der Waals surface area contributed by atoms with Gasteiger partial charge in [0.2, 0.25) is 0 Å². The molecule has 11 nitrogen and oxygen atoms in total. The number of hydrogen-bond donors (Lipinski definition) is 2. The van der Waals surface area contributed by atoms with Crippen molar-refractivity contribution in [3.05, 3.63) is 53.9 Å². The highest BCUT2D eigenvalue weighted by atomic mass is 19.4. The third-order valence-electron chi connectivity index (χ3n) is 5.18. The fourth-order valence-electron chi connectivity index (χ4n) is 3.65. The third kappa shape index (κ3) is 6.43. The van der Waals surface area contributed by atoms with Crippen LogP contribution in [0.25, 0.3) is 0 Å². The zero-order chi connectivity index (χ0) is 24.9. The Bertz CT molecular complexity index is 1120. The maximum Gasteiger partial charge on any atom is 0.490 e. The molecule has 0 saturated carbocycles. The van der Waals surface area contributed by atoms with Gasteiger partial charge >= 0.3 is 12.1 Å². The van der Waals surface area contributed by atoms with Gasteiger partial charge in [0.1, 0.15) is 5.69 Å². The summed E-state index contributed by atoms with van der Waals surface area (Å²) in [6.07, 6.45) is 3.18. The van der Waals surface area contributed by atoms with Crippen molar-refractivity contribution in [1.29, 1.82) is 0 Å². The Labute approximate surface area is 192 Å². The largest absolute Gasteiger partial charge is 0.490 e. The summed E-state index contributed by atoms with van der Waals surface area (Å²) in [4.78, 5) is 23.6. The van der Waals surface area contributed by atoms with Gasteiger partial charge in [-0.1, -0.05) is 0 Å². The molecule has 1 atom stereocenters. The molecule has 184 valence electrons. The van der Waals surface area contributed by atoms with Crippen molar-refractivity contribution in [2.24, 2.45) is 14.1 Å². The summed E-state index contributed by atoms with van der Waals surface area (Å²) >= 11 is 0. The zero-order valence-electron chi connectivity index (χ0n) is 18.6. The molecule has 34 heavy (non-hydrogen) atoms. The van der Waals surface area contributed by atoms with Crippen LogP contribution >= 0.6 is 0 Å². The molecule has 0 aromatic carbocycles. The Hall–Kier alpha value is -3.68. The zero-order valence-corrected chi connectivity index (χ0v) is 18.6. The minimum absolute atomic E-state index is 0.0984. The molecule has 0 saturated heterocycles. The predicted molar refractivity (Wildman–Crippen MR) is 112 cm³/mol. The number of fused-ring (bicyclic) bond motifs is 1. The summed E-state index contributed by atoms with van der Waals surface area (Å²) in [5.74, 6) is -2.86. The Morgan fingerprint density at radius 1 is 1.18 bits per heavy atom. The quantitative estimate of drug-likeness (QED) is 0.544. The van der Waals surface area contributed by atoms with E-state index in [0.29, 0.717) is 12.2 Å². The summed E-state index contributed by atoms with van der Waals surface area (Å²) in [6, 6.07) is 4.01. The number of aliphatic carboxylic acids is 1. The molecule has 1 unspecified atom stereocenters. The Balaban J connectivity index is 0.000000406. The lowest BCUT2D eigenvalue weighted by molar-refractivity contribution is -0.192. The number of carbonyl (C=O) groups is 2. The molecule has 0 spiro atoms. The maximum atomic E-state index is 12.3. The van der Waals surface area contributed by atoms with Crippen LogP contribution < -0.4 is 5.32 Å². The van der Waals surface area contributed by atoms with Gasteiger partial charge in [0.05, 0.1) is 17.9 Å². The molecule has 4 rings (SSSR count). The van der Waals surface area contributed by atoms with Crippen LogP contribution in [0.1, 0.15) is 34.2 Å². The molecule has 3 aromatic rings. The molecule has 0 aliphatic carbocycles. The van der Waals surface area contributed by atoms with Crippen molar-refractivity contribution >= 4 is 11.9 Å².